The van der Waals surface area contributed by atoms with Gasteiger partial charge in [0, 0.05) is 24.5 Å². The van der Waals surface area contributed by atoms with E-state index in [2.05, 4.69) is 0 Å². The molecule has 0 heterocycles. The number of hydrogen-bond donors (Lipinski definition) is 3. The van der Waals surface area contributed by atoms with Crippen LogP contribution in [0.4, 0.5) is 5.69 Å². The van der Waals surface area contributed by atoms with Crippen LogP contribution in [0.15, 0.2) is 36.4 Å². The molecule has 3 aliphatic carbocycles. The van der Waals surface area contributed by atoms with Crippen molar-refractivity contribution in [3.63, 3.8) is 0 Å². The van der Waals surface area contributed by atoms with E-state index in [1.807, 2.05) is 0 Å². The smallest absolute Gasteiger partial charge is 0.269 e. The molecule has 2 unspecified atom stereocenters. The van der Waals surface area contributed by atoms with Crippen LogP contribution in [0.3, 0.4) is 0 Å². The van der Waals surface area contributed by atoms with E-state index < -0.39 is 69.7 Å². The van der Waals surface area contributed by atoms with Gasteiger partial charge in [-0.25, -0.2) is 0 Å². The second-order valence-electron chi connectivity index (χ2n) is 9.53. The maximum Gasteiger partial charge on any atom is 0.269 e. The van der Waals surface area contributed by atoms with Gasteiger partial charge in [-0.15, -0.1) is 0 Å². The highest BCUT2D eigenvalue weighted by Crippen LogP contribution is 2.51. The first-order valence-corrected chi connectivity index (χ1v) is 11.2. The van der Waals surface area contributed by atoms with Crippen LogP contribution in [0.2, 0.25) is 0 Å². The molecular weight excluding hydrogens is 472 g/mol. The van der Waals surface area contributed by atoms with Crippen LogP contribution in [0.1, 0.15) is 28.8 Å². The minimum absolute atomic E-state index is 0.0175. The number of fused-ring (bicyclic) bond motifs is 3. The first-order chi connectivity index (χ1) is 17.0. The summed E-state index contributed by atoms with van der Waals surface area (Å²) in [7, 11) is 0. The van der Waals surface area contributed by atoms with Crippen molar-refractivity contribution in [3.05, 3.63) is 57.6 Å². The van der Waals surface area contributed by atoms with Gasteiger partial charge in [-0.3, -0.25) is 34.1 Å². The molecule has 11 heteroatoms. The minimum Gasteiger partial charge on any atom is -0.507 e. The summed E-state index contributed by atoms with van der Waals surface area (Å²) in [5, 5.41) is 32.8. The summed E-state index contributed by atoms with van der Waals surface area (Å²) in [6.45, 7) is 0. The van der Waals surface area contributed by atoms with Crippen LogP contribution >= 0.6 is 0 Å². The summed E-state index contributed by atoms with van der Waals surface area (Å²) in [5.41, 5.74) is 3.72. The molecule has 2 saturated carbocycles. The summed E-state index contributed by atoms with van der Waals surface area (Å²) >= 11 is 0. The molecule has 0 aromatic heterocycles. The van der Waals surface area contributed by atoms with Gasteiger partial charge in [-0.2, -0.15) is 0 Å². The van der Waals surface area contributed by atoms with Crippen molar-refractivity contribution in [2.24, 2.45) is 29.4 Å². The number of primary amides is 1. The molecule has 0 bridgehead atoms. The molecule has 11 nitrogen and oxygen atoms in total. The van der Waals surface area contributed by atoms with Gasteiger partial charge in [0.15, 0.2) is 34.7 Å². The summed E-state index contributed by atoms with van der Waals surface area (Å²) in [6, 6.07) is 8.46. The standard InChI is InChI=1S/C25H20N2O9/c26-24(33)20-17(29)9-12-7-11-8-15-14(10-1-3-13(4-2-10)27(35)36)5-6-16(28)19(15)21(30)18(11)22(31)25(12,34)23(20)32/h1-6,11-12,18,20,28,34H,7-9H2,(H2,26,33)/t11-,12+,18?,20?,25+/m1/s1. The van der Waals surface area contributed by atoms with Gasteiger partial charge in [0.25, 0.3) is 5.69 Å². The SMILES string of the molecule is NC(=O)C1C(=O)C[C@@H]2C[C@@H]3Cc4c(-c5ccc([N+](=O)[O-])cc5)ccc(O)c4C(=O)C3C(=O)[C@]2(O)C1=O. The van der Waals surface area contributed by atoms with Crippen LogP contribution in [-0.4, -0.2) is 49.8 Å². The fourth-order valence-corrected chi connectivity index (χ4v) is 6.00. The number of nitrogens with two attached hydrogens (primary N) is 1. The molecule has 3 aliphatic rings. The number of nitro benzene ring substituents is 1. The number of aromatic hydroxyl groups is 1. The average Bonchev–Trinajstić information content (AvgIpc) is 2.81. The Bertz CT molecular complexity index is 1400. The van der Waals surface area contributed by atoms with Crippen LogP contribution in [-0.2, 0) is 25.6 Å². The Morgan fingerprint density at radius 3 is 2.31 bits per heavy atom. The monoisotopic (exact) mass is 492 g/mol. The van der Waals surface area contributed by atoms with Crippen LogP contribution in [0, 0.1) is 33.8 Å². The molecule has 4 N–H and O–H groups in total. The Hall–Kier alpha value is -4.25. The van der Waals surface area contributed by atoms with Crippen molar-refractivity contribution < 1.29 is 39.1 Å². The maximum absolute atomic E-state index is 13.6. The third-order valence-corrected chi connectivity index (χ3v) is 7.67. The summed E-state index contributed by atoms with van der Waals surface area (Å²) in [5.74, 6) is -10.8. The molecule has 184 valence electrons. The molecule has 2 fully saturated rings. The third-order valence-electron chi connectivity index (χ3n) is 7.67. The Balaban J connectivity index is 1.59. The summed E-state index contributed by atoms with van der Waals surface area (Å²) in [6.07, 6.45) is -0.316. The second-order valence-corrected chi connectivity index (χ2v) is 9.53. The largest absolute Gasteiger partial charge is 0.507 e. The number of phenolic OH excluding ortho intramolecular Hbond substituents is 1. The molecule has 0 radical (unpaired) electrons. The normalized spacial score (nSPS) is 29.2. The van der Waals surface area contributed by atoms with Crippen molar-refractivity contribution >= 4 is 34.7 Å². The molecule has 5 atom stereocenters. The fourth-order valence-electron chi connectivity index (χ4n) is 6.00. The van der Waals surface area contributed by atoms with E-state index in [-0.39, 0.29) is 29.8 Å². The topological polar surface area (TPSA) is 195 Å². The first kappa shape index (κ1) is 23.5. The van der Waals surface area contributed by atoms with E-state index in [0.717, 1.165) is 0 Å². The Morgan fingerprint density at radius 2 is 1.69 bits per heavy atom. The lowest BCUT2D eigenvalue weighted by Gasteiger charge is -2.48. The van der Waals surface area contributed by atoms with Gasteiger partial charge in [0.05, 0.1) is 16.4 Å². The van der Waals surface area contributed by atoms with Crippen molar-refractivity contribution in [3.8, 4) is 16.9 Å². The number of non-ortho nitro benzene ring substituents is 1. The van der Waals surface area contributed by atoms with E-state index in [0.29, 0.717) is 16.7 Å². The number of ketones is 4. The van der Waals surface area contributed by atoms with Crippen molar-refractivity contribution in [1.82, 2.24) is 0 Å². The van der Waals surface area contributed by atoms with E-state index >= 15 is 0 Å². The van der Waals surface area contributed by atoms with E-state index in [9.17, 15) is 44.3 Å². The molecule has 1 amide bonds. The maximum atomic E-state index is 13.6. The van der Waals surface area contributed by atoms with Crippen LogP contribution < -0.4 is 5.73 Å². The number of aliphatic hydroxyl groups is 1. The lowest BCUT2D eigenvalue weighted by Crippen LogP contribution is -2.68. The zero-order valence-electron chi connectivity index (χ0n) is 18.7. The van der Waals surface area contributed by atoms with Gasteiger partial charge >= 0.3 is 0 Å². The number of phenols is 1. The quantitative estimate of drug-likeness (QED) is 0.317. The number of nitro groups is 1. The molecule has 2 aromatic carbocycles. The van der Waals surface area contributed by atoms with E-state index in [1.165, 1.54) is 30.3 Å². The number of nitrogens with zero attached hydrogens (tertiary/aromatic N) is 1. The fraction of sp³-hybridized carbons (Fsp3) is 0.320. The minimum atomic E-state index is -2.70. The van der Waals surface area contributed by atoms with Gasteiger partial charge in [0.2, 0.25) is 5.91 Å². The predicted octanol–water partition coefficient (Wildman–Crippen LogP) is 0.902. The zero-order valence-corrected chi connectivity index (χ0v) is 18.7. The third kappa shape index (κ3) is 3.12. The van der Waals surface area contributed by atoms with Crippen LogP contribution in [0.5, 0.6) is 5.75 Å². The van der Waals surface area contributed by atoms with Gasteiger partial charge < -0.3 is 15.9 Å². The molecule has 5 rings (SSSR count). The van der Waals surface area contributed by atoms with Crippen molar-refractivity contribution in [2.75, 3.05) is 0 Å². The molecule has 0 aliphatic heterocycles. The molecule has 36 heavy (non-hydrogen) atoms. The number of amides is 1. The average molecular weight is 492 g/mol. The lowest BCUT2D eigenvalue weighted by molar-refractivity contribution is -0.384. The first-order valence-electron chi connectivity index (χ1n) is 11.2. The summed E-state index contributed by atoms with van der Waals surface area (Å²) < 4.78 is 0. The van der Waals surface area contributed by atoms with Crippen molar-refractivity contribution in [1.29, 1.82) is 0 Å². The number of carbonyl (C=O) groups excluding carboxylic acids is 5. The van der Waals surface area contributed by atoms with Gasteiger partial charge in [0.1, 0.15) is 5.75 Å². The molecule has 0 spiro atoms. The molecule has 0 saturated heterocycles. The zero-order chi connectivity index (χ0) is 26.1. The van der Waals surface area contributed by atoms with Gasteiger partial charge in [-0.05, 0) is 53.6 Å². The van der Waals surface area contributed by atoms with Crippen molar-refractivity contribution in [2.45, 2.75) is 24.9 Å². The van der Waals surface area contributed by atoms with E-state index in [1.54, 1.807) is 6.07 Å². The number of benzene rings is 2. The Kier molecular flexibility index (Phi) is 5.14. The predicted molar refractivity (Wildman–Crippen MR) is 121 cm³/mol. The number of rotatable bonds is 3. The second kappa shape index (κ2) is 7.89. The number of carbonyl (C=O) groups is 5. The van der Waals surface area contributed by atoms with Gasteiger partial charge in [-0.1, -0.05) is 6.07 Å². The summed E-state index contributed by atoms with van der Waals surface area (Å²) in [4.78, 5) is 74.6. The van der Waals surface area contributed by atoms with E-state index in [4.69, 9.17) is 5.73 Å². The highest BCUT2D eigenvalue weighted by molar-refractivity contribution is 6.31. The number of Topliss-reactive ketones (excluding diaryl/α,β-unsaturated/α-hetero) is 4. The lowest BCUT2D eigenvalue weighted by atomic mass is 9.53. The highest BCUT2D eigenvalue weighted by atomic mass is 16.6. The molecular formula is C25H20N2O9. The molecule has 2 aromatic rings. The number of hydrogen-bond acceptors (Lipinski definition) is 9. The van der Waals surface area contributed by atoms with Crippen LogP contribution in [0.25, 0.3) is 11.1 Å². The Morgan fingerprint density at radius 1 is 1.03 bits per heavy atom. The Labute approximate surface area is 203 Å². The highest BCUT2D eigenvalue weighted by Gasteiger charge is 2.66.